The Morgan fingerprint density at radius 3 is 1.09 bits per heavy atom. The third-order valence-electron chi connectivity index (χ3n) is 5.42. The minimum Gasteiger partial charge on any atom is -0.508 e. The van der Waals surface area contributed by atoms with Crippen LogP contribution in [-0.4, -0.2) is 34.6 Å². The molecule has 0 saturated heterocycles. The van der Waals surface area contributed by atoms with Gasteiger partial charge in [0, 0.05) is 0 Å². The molecule has 0 aliphatic rings. The highest BCUT2D eigenvalue weighted by Crippen LogP contribution is 2.19. The Bertz CT molecular complexity index is 1060. The number of hydrogen-bond donors (Lipinski definition) is 3. The van der Waals surface area contributed by atoms with E-state index in [2.05, 4.69) is 0 Å². The van der Waals surface area contributed by atoms with Gasteiger partial charge in [0.2, 0.25) is 0 Å². The fraction of sp³-hybridized carbons (Fsp3) is 0.172. The van der Waals surface area contributed by atoms with Crippen molar-refractivity contribution in [1.82, 2.24) is 0 Å². The summed E-state index contributed by atoms with van der Waals surface area (Å²) < 4.78 is 11.4. The molecule has 4 aromatic rings. The predicted octanol–water partition coefficient (Wildman–Crippen LogP) is 5.10. The molecule has 0 unspecified atom stereocenters. The first-order valence-electron chi connectivity index (χ1n) is 11.2. The minimum absolute atomic E-state index is 0.135. The summed E-state index contributed by atoms with van der Waals surface area (Å²) in [4.78, 5) is 0. The highest BCUT2D eigenvalue weighted by atomic mass is 16.5. The van der Waals surface area contributed by atoms with Gasteiger partial charge in [-0.3, -0.25) is 0 Å². The van der Waals surface area contributed by atoms with Crippen molar-refractivity contribution in [3.63, 3.8) is 0 Å². The number of aliphatic hydroxyl groups excluding tert-OH is 1. The highest BCUT2D eigenvalue weighted by Gasteiger charge is 2.08. The SMILES string of the molecule is Oc1ccc(Cc2ccc(OCC(O)COc3ccc(Cc4ccc(O)cc4)cc3)cc2)cc1. The molecule has 0 fully saturated rings. The zero-order valence-electron chi connectivity index (χ0n) is 18.8. The zero-order chi connectivity index (χ0) is 23.8. The molecular weight excluding hydrogens is 428 g/mol. The van der Waals surface area contributed by atoms with Gasteiger partial charge in [0.05, 0.1) is 0 Å². The predicted molar refractivity (Wildman–Crippen MR) is 132 cm³/mol. The van der Waals surface area contributed by atoms with E-state index in [4.69, 9.17) is 9.47 Å². The zero-order valence-corrected chi connectivity index (χ0v) is 18.8. The van der Waals surface area contributed by atoms with Gasteiger partial charge >= 0.3 is 0 Å². The average Bonchev–Trinajstić information content (AvgIpc) is 2.86. The maximum Gasteiger partial charge on any atom is 0.122 e. The maximum absolute atomic E-state index is 10.2. The Labute approximate surface area is 199 Å². The smallest absolute Gasteiger partial charge is 0.122 e. The quantitative estimate of drug-likeness (QED) is 0.310. The van der Waals surface area contributed by atoms with Gasteiger partial charge < -0.3 is 24.8 Å². The molecule has 4 rings (SSSR count). The second-order valence-corrected chi connectivity index (χ2v) is 8.25. The van der Waals surface area contributed by atoms with Crippen molar-refractivity contribution in [2.45, 2.75) is 18.9 Å². The first kappa shape index (κ1) is 23.2. The second-order valence-electron chi connectivity index (χ2n) is 8.25. The van der Waals surface area contributed by atoms with Gasteiger partial charge in [0.1, 0.15) is 42.3 Å². The van der Waals surface area contributed by atoms with Crippen LogP contribution >= 0.6 is 0 Å². The molecule has 5 nitrogen and oxygen atoms in total. The molecule has 0 saturated carbocycles. The lowest BCUT2D eigenvalue weighted by Crippen LogP contribution is -2.25. The molecule has 0 aliphatic heterocycles. The Morgan fingerprint density at radius 1 is 0.471 bits per heavy atom. The standard InChI is InChI=1S/C29H28O5/c30-25-9-1-21(2-10-25)17-23-5-13-28(14-6-23)33-19-27(32)20-34-29-15-7-24(8-16-29)18-22-3-11-26(31)12-4-22/h1-16,27,30-32H,17-20H2. The molecule has 0 radical (unpaired) electrons. The molecule has 3 N–H and O–H groups in total. The van der Waals surface area contributed by atoms with Crippen molar-refractivity contribution in [2.24, 2.45) is 0 Å². The molecule has 5 heteroatoms. The third kappa shape index (κ3) is 7.02. The molecule has 0 bridgehead atoms. The number of aliphatic hydroxyl groups is 1. The molecule has 0 atom stereocenters. The number of phenolic OH excluding ortho intramolecular Hbond substituents is 2. The van der Waals surface area contributed by atoms with Crippen LogP contribution < -0.4 is 9.47 Å². The molecule has 174 valence electrons. The number of ether oxygens (including phenoxy) is 2. The third-order valence-corrected chi connectivity index (χ3v) is 5.42. The van der Waals surface area contributed by atoms with Crippen molar-refractivity contribution in [3.05, 3.63) is 119 Å². The Kier molecular flexibility index (Phi) is 7.68. The minimum atomic E-state index is -0.756. The summed E-state index contributed by atoms with van der Waals surface area (Å²) in [7, 11) is 0. The maximum atomic E-state index is 10.2. The van der Waals surface area contributed by atoms with E-state index < -0.39 is 6.10 Å². The Morgan fingerprint density at radius 2 is 0.765 bits per heavy atom. The largest absolute Gasteiger partial charge is 0.508 e. The summed E-state index contributed by atoms with van der Waals surface area (Å²) >= 11 is 0. The van der Waals surface area contributed by atoms with Gasteiger partial charge in [-0.25, -0.2) is 0 Å². The topological polar surface area (TPSA) is 79.2 Å². The monoisotopic (exact) mass is 456 g/mol. The van der Waals surface area contributed by atoms with E-state index in [0.29, 0.717) is 11.5 Å². The summed E-state index contributed by atoms with van der Waals surface area (Å²) in [5, 5.41) is 29.0. The molecule has 0 aromatic heterocycles. The molecule has 34 heavy (non-hydrogen) atoms. The van der Waals surface area contributed by atoms with E-state index in [1.54, 1.807) is 24.3 Å². The first-order chi connectivity index (χ1) is 16.5. The van der Waals surface area contributed by atoms with Crippen LogP contribution in [0.1, 0.15) is 22.3 Å². The van der Waals surface area contributed by atoms with Crippen molar-refractivity contribution in [2.75, 3.05) is 13.2 Å². The summed E-state index contributed by atoms with van der Waals surface area (Å²) in [6, 6.07) is 29.8. The molecular formula is C29H28O5. The molecule has 4 aromatic carbocycles. The van der Waals surface area contributed by atoms with Gasteiger partial charge in [-0.2, -0.15) is 0 Å². The fourth-order valence-corrected chi connectivity index (χ4v) is 3.54. The van der Waals surface area contributed by atoms with Crippen molar-refractivity contribution < 1.29 is 24.8 Å². The number of benzene rings is 4. The summed E-state index contributed by atoms with van der Waals surface area (Å²) in [6.45, 7) is 0.270. The van der Waals surface area contributed by atoms with Crippen LogP contribution in [0.3, 0.4) is 0 Å². The van der Waals surface area contributed by atoms with Gasteiger partial charge in [-0.15, -0.1) is 0 Å². The second kappa shape index (κ2) is 11.3. The van der Waals surface area contributed by atoms with Crippen LogP contribution in [0, 0.1) is 0 Å². The summed E-state index contributed by atoms with van der Waals surface area (Å²) in [5.41, 5.74) is 4.51. The Hall–Kier alpha value is -3.96. The molecule has 0 heterocycles. The van der Waals surface area contributed by atoms with E-state index in [9.17, 15) is 15.3 Å². The van der Waals surface area contributed by atoms with Gasteiger partial charge in [-0.05, 0) is 83.6 Å². The lowest BCUT2D eigenvalue weighted by molar-refractivity contribution is 0.0626. The lowest BCUT2D eigenvalue weighted by Gasteiger charge is -2.14. The van der Waals surface area contributed by atoms with E-state index in [0.717, 1.165) is 35.1 Å². The van der Waals surface area contributed by atoms with E-state index in [1.807, 2.05) is 72.8 Å². The number of aromatic hydroxyl groups is 2. The number of rotatable bonds is 10. The lowest BCUT2D eigenvalue weighted by atomic mass is 10.0. The van der Waals surface area contributed by atoms with Crippen LogP contribution in [-0.2, 0) is 12.8 Å². The van der Waals surface area contributed by atoms with E-state index in [1.165, 1.54) is 0 Å². The summed E-state index contributed by atoms with van der Waals surface area (Å²) in [5.74, 6) is 1.90. The van der Waals surface area contributed by atoms with Crippen LogP contribution in [0.25, 0.3) is 0 Å². The van der Waals surface area contributed by atoms with Crippen LogP contribution in [0.5, 0.6) is 23.0 Å². The molecule has 0 aliphatic carbocycles. The fourth-order valence-electron chi connectivity index (χ4n) is 3.54. The van der Waals surface area contributed by atoms with Crippen molar-refractivity contribution in [1.29, 1.82) is 0 Å². The number of hydrogen-bond acceptors (Lipinski definition) is 5. The molecule has 0 spiro atoms. The van der Waals surface area contributed by atoms with Crippen LogP contribution in [0.2, 0.25) is 0 Å². The van der Waals surface area contributed by atoms with Gasteiger partial charge in [0.25, 0.3) is 0 Å². The normalized spacial score (nSPS) is 10.9. The molecule has 0 amide bonds. The van der Waals surface area contributed by atoms with E-state index >= 15 is 0 Å². The van der Waals surface area contributed by atoms with Gasteiger partial charge in [-0.1, -0.05) is 48.5 Å². The first-order valence-corrected chi connectivity index (χ1v) is 11.2. The Balaban J connectivity index is 1.19. The van der Waals surface area contributed by atoms with Gasteiger partial charge in [0.15, 0.2) is 0 Å². The van der Waals surface area contributed by atoms with Crippen molar-refractivity contribution >= 4 is 0 Å². The van der Waals surface area contributed by atoms with Crippen LogP contribution in [0.15, 0.2) is 97.1 Å². The highest BCUT2D eigenvalue weighted by molar-refractivity contribution is 5.35. The summed E-state index contributed by atoms with van der Waals surface area (Å²) in [6.07, 6.45) is 0.781. The van der Waals surface area contributed by atoms with Crippen molar-refractivity contribution in [3.8, 4) is 23.0 Å². The average molecular weight is 457 g/mol. The van der Waals surface area contributed by atoms with Crippen LogP contribution in [0.4, 0.5) is 0 Å². The number of phenols is 2. The van der Waals surface area contributed by atoms with E-state index in [-0.39, 0.29) is 24.7 Å².